The molecule has 0 unspecified atom stereocenters. The summed E-state index contributed by atoms with van der Waals surface area (Å²) < 4.78 is 8.16. The summed E-state index contributed by atoms with van der Waals surface area (Å²) in [6.45, 7) is 0.420. The van der Waals surface area contributed by atoms with Gasteiger partial charge in [-0.2, -0.15) is 15.4 Å². The maximum Gasteiger partial charge on any atom is 0.261 e. The van der Waals surface area contributed by atoms with E-state index in [1.54, 1.807) is 72.9 Å². The summed E-state index contributed by atoms with van der Waals surface area (Å²) in [6, 6.07) is 20.1. The zero-order valence-corrected chi connectivity index (χ0v) is 24.0. The normalized spacial score (nSPS) is 12.4. The van der Waals surface area contributed by atoms with Crippen LogP contribution in [0.15, 0.2) is 83.8 Å². The number of aromatic nitrogens is 4. The quantitative estimate of drug-likeness (QED) is 0.176. The molecule has 1 aliphatic rings. The Labute approximate surface area is 253 Å². The van der Waals surface area contributed by atoms with Gasteiger partial charge in [-0.15, -0.1) is 11.3 Å². The van der Waals surface area contributed by atoms with Crippen molar-refractivity contribution in [2.75, 3.05) is 13.2 Å². The molecule has 0 saturated heterocycles. The highest BCUT2D eigenvalue weighted by molar-refractivity contribution is 7.18. The molecule has 2 N–H and O–H groups in total. The van der Waals surface area contributed by atoms with Crippen LogP contribution < -0.4 is 15.6 Å². The fourth-order valence-electron chi connectivity index (χ4n) is 4.74. The fourth-order valence-corrected chi connectivity index (χ4v) is 5.70. The van der Waals surface area contributed by atoms with Crippen molar-refractivity contribution in [1.82, 2.24) is 30.2 Å². The van der Waals surface area contributed by atoms with Gasteiger partial charge in [0.15, 0.2) is 0 Å². The van der Waals surface area contributed by atoms with Crippen LogP contribution >= 0.6 is 22.9 Å². The number of pyridine rings is 1. The minimum absolute atomic E-state index is 0.0826. The predicted molar refractivity (Wildman–Crippen MR) is 160 cm³/mol. The molecule has 13 heteroatoms. The Morgan fingerprint density at radius 1 is 0.930 bits per heavy atom. The molecule has 2 aromatic carbocycles. The Bertz CT molecular complexity index is 1880. The van der Waals surface area contributed by atoms with Crippen LogP contribution in [0.2, 0.25) is 4.34 Å². The summed E-state index contributed by atoms with van der Waals surface area (Å²) in [5.41, 5.74) is 2.63. The number of hydrogen-bond donors (Lipinski definition) is 2. The first-order valence-corrected chi connectivity index (χ1v) is 14.4. The second-order valence-corrected chi connectivity index (χ2v) is 11.2. The largest absolute Gasteiger partial charge is 0.493 e. The monoisotopic (exact) mass is 614 g/mol. The average molecular weight is 615 g/mol. The zero-order chi connectivity index (χ0) is 29.9. The van der Waals surface area contributed by atoms with Gasteiger partial charge in [-0.3, -0.25) is 28.6 Å². The van der Waals surface area contributed by atoms with Gasteiger partial charge in [0.05, 0.1) is 39.2 Å². The Morgan fingerprint density at radius 2 is 1.70 bits per heavy atom. The molecule has 0 radical (unpaired) electrons. The summed E-state index contributed by atoms with van der Waals surface area (Å²) in [7, 11) is 0. The number of ether oxygens (including phenoxy) is 1. The van der Waals surface area contributed by atoms with Crippen molar-refractivity contribution in [1.29, 1.82) is 0 Å². The third kappa shape index (κ3) is 5.70. The third-order valence-electron chi connectivity index (χ3n) is 6.82. The fraction of sp³-hybridized carbons (Fsp3) is 0.133. The number of nitrogens with one attached hydrogen (secondary N) is 2. The minimum Gasteiger partial charge on any atom is -0.493 e. The van der Waals surface area contributed by atoms with E-state index < -0.39 is 0 Å². The summed E-state index contributed by atoms with van der Waals surface area (Å²) in [6.07, 6.45) is 2.02. The van der Waals surface area contributed by atoms with Crippen LogP contribution in [0, 0.1) is 0 Å². The molecule has 6 rings (SSSR count). The van der Waals surface area contributed by atoms with Crippen LogP contribution in [0.1, 0.15) is 42.5 Å². The lowest BCUT2D eigenvalue weighted by Crippen LogP contribution is -2.31. The third-order valence-corrected chi connectivity index (χ3v) is 8.05. The number of imide groups is 1. The summed E-state index contributed by atoms with van der Waals surface area (Å²) in [4.78, 5) is 52.2. The van der Waals surface area contributed by atoms with E-state index in [2.05, 4.69) is 20.7 Å². The predicted octanol–water partition coefficient (Wildman–Crippen LogP) is 4.33. The van der Waals surface area contributed by atoms with Crippen LogP contribution in [0.25, 0.3) is 16.9 Å². The molecule has 0 saturated carbocycles. The molecule has 3 amide bonds. The Balaban J connectivity index is 1.22. The number of fused-ring (bicyclic) bond motifs is 1. The van der Waals surface area contributed by atoms with Gasteiger partial charge < -0.3 is 10.1 Å². The second kappa shape index (κ2) is 12.0. The number of halogens is 1. The van der Waals surface area contributed by atoms with Crippen LogP contribution in [0.5, 0.6) is 5.75 Å². The van der Waals surface area contributed by atoms with Crippen LogP contribution in [-0.2, 0) is 6.54 Å². The topological polar surface area (TPSA) is 139 Å². The van der Waals surface area contributed by atoms with Crippen molar-refractivity contribution >= 4 is 40.7 Å². The van der Waals surface area contributed by atoms with E-state index in [-0.39, 0.29) is 43.0 Å². The maximum atomic E-state index is 12.7. The molecule has 0 spiro atoms. The van der Waals surface area contributed by atoms with Crippen LogP contribution in [-0.4, -0.2) is 55.8 Å². The first kappa shape index (κ1) is 28.1. The second-order valence-electron chi connectivity index (χ2n) is 9.50. The number of benzene rings is 2. The summed E-state index contributed by atoms with van der Waals surface area (Å²) in [5.74, 6) is -0.548. The first-order valence-electron chi connectivity index (χ1n) is 13.2. The van der Waals surface area contributed by atoms with Crippen molar-refractivity contribution in [3.63, 3.8) is 0 Å². The van der Waals surface area contributed by atoms with Crippen LogP contribution in [0.3, 0.4) is 0 Å². The molecule has 0 aliphatic carbocycles. The lowest BCUT2D eigenvalue weighted by Gasteiger charge is -2.16. The Morgan fingerprint density at radius 3 is 2.42 bits per heavy atom. The summed E-state index contributed by atoms with van der Waals surface area (Å²) in [5, 5.41) is 14.0. The van der Waals surface area contributed by atoms with E-state index in [0.29, 0.717) is 55.1 Å². The lowest BCUT2D eigenvalue weighted by molar-refractivity contribution is 0.0646. The van der Waals surface area contributed by atoms with Gasteiger partial charge in [-0.1, -0.05) is 29.8 Å². The van der Waals surface area contributed by atoms with E-state index in [9.17, 15) is 19.2 Å². The molecule has 0 atom stereocenters. The van der Waals surface area contributed by atoms with Gasteiger partial charge in [0.2, 0.25) is 0 Å². The molecule has 0 bridgehead atoms. The van der Waals surface area contributed by atoms with Gasteiger partial charge in [-0.25, -0.2) is 0 Å². The summed E-state index contributed by atoms with van der Waals surface area (Å²) >= 11 is 7.13. The standard InChI is InChI=1S/C30H23ClN6O5S/c31-25-12-11-24(43-25)28(39)32-17-22-27(34-35-33-22)21-10-9-18(36-13-4-3-8-26(36)38)16-23(21)42-15-5-14-37-29(40)19-6-1-2-7-20(19)30(37)41/h1-4,6-13,16H,5,14-15,17H2,(H,32,39)(H,33,34,35). The number of carbonyl (C=O) groups is 3. The van der Waals surface area contributed by atoms with Gasteiger partial charge in [0.1, 0.15) is 17.1 Å². The van der Waals surface area contributed by atoms with Gasteiger partial charge in [0, 0.05) is 30.4 Å². The molecule has 3 aromatic heterocycles. The molecule has 43 heavy (non-hydrogen) atoms. The zero-order valence-electron chi connectivity index (χ0n) is 22.5. The highest BCUT2D eigenvalue weighted by Crippen LogP contribution is 2.33. The van der Waals surface area contributed by atoms with E-state index in [1.165, 1.54) is 26.9 Å². The highest BCUT2D eigenvalue weighted by atomic mass is 35.5. The Hall–Kier alpha value is -5.07. The van der Waals surface area contributed by atoms with Crippen molar-refractivity contribution in [2.24, 2.45) is 0 Å². The van der Waals surface area contributed by atoms with Crippen LogP contribution in [0.4, 0.5) is 0 Å². The molecule has 5 aromatic rings. The number of hydrogen-bond acceptors (Lipinski definition) is 8. The SMILES string of the molecule is O=C(NCc1n[nH]nc1-c1ccc(-n2ccccc2=O)cc1OCCCN1C(=O)c2ccccc2C1=O)c1ccc(Cl)s1. The molecular formula is C30H23ClN6O5S. The Kier molecular flexibility index (Phi) is 7.86. The lowest BCUT2D eigenvalue weighted by atomic mass is 10.1. The highest BCUT2D eigenvalue weighted by Gasteiger charge is 2.34. The van der Waals surface area contributed by atoms with Crippen molar-refractivity contribution in [2.45, 2.75) is 13.0 Å². The van der Waals surface area contributed by atoms with Crippen molar-refractivity contribution < 1.29 is 19.1 Å². The van der Waals surface area contributed by atoms with Gasteiger partial charge in [-0.05, 0) is 48.9 Å². The number of amides is 3. The average Bonchev–Trinajstić information content (AvgIpc) is 3.73. The molecule has 1 aliphatic heterocycles. The number of aromatic amines is 1. The number of carbonyl (C=O) groups excluding carboxylic acids is 3. The molecule has 0 fully saturated rings. The van der Waals surface area contributed by atoms with Crippen molar-refractivity contribution in [3.8, 4) is 22.7 Å². The number of nitrogens with zero attached hydrogens (tertiary/aromatic N) is 4. The van der Waals surface area contributed by atoms with Crippen molar-refractivity contribution in [3.05, 3.63) is 115 Å². The van der Waals surface area contributed by atoms with E-state index in [1.807, 2.05) is 0 Å². The number of H-pyrrole nitrogens is 1. The number of thiophene rings is 1. The van der Waals surface area contributed by atoms with E-state index in [0.717, 1.165) is 0 Å². The smallest absolute Gasteiger partial charge is 0.261 e. The first-order chi connectivity index (χ1) is 20.9. The number of rotatable bonds is 10. The van der Waals surface area contributed by atoms with E-state index >= 15 is 0 Å². The maximum absolute atomic E-state index is 12.7. The van der Waals surface area contributed by atoms with Gasteiger partial charge >= 0.3 is 0 Å². The molecule has 216 valence electrons. The van der Waals surface area contributed by atoms with E-state index in [4.69, 9.17) is 16.3 Å². The molecule has 4 heterocycles. The minimum atomic E-state index is -0.328. The molecule has 11 nitrogen and oxygen atoms in total. The molecular weight excluding hydrogens is 592 g/mol. The van der Waals surface area contributed by atoms with Gasteiger partial charge in [0.25, 0.3) is 23.3 Å².